The van der Waals surface area contributed by atoms with Crippen molar-refractivity contribution in [2.75, 3.05) is 0 Å². The van der Waals surface area contributed by atoms with Crippen LogP contribution in [0.3, 0.4) is 0 Å². The van der Waals surface area contributed by atoms with E-state index in [1.165, 1.54) is 32.1 Å². The summed E-state index contributed by atoms with van der Waals surface area (Å²) in [6.07, 6.45) is 8.51. The van der Waals surface area contributed by atoms with E-state index in [1.54, 1.807) is 0 Å². The minimum absolute atomic E-state index is 0.454. The van der Waals surface area contributed by atoms with E-state index in [0.29, 0.717) is 17.1 Å². The normalized spacial score (nSPS) is 34.4. The fourth-order valence-electron chi connectivity index (χ4n) is 3.12. The van der Waals surface area contributed by atoms with Crippen molar-refractivity contribution < 1.29 is 4.79 Å². The van der Waals surface area contributed by atoms with Gasteiger partial charge in [0.2, 0.25) is 0 Å². The molecule has 2 fully saturated rings. The van der Waals surface area contributed by atoms with E-state index >= 15 is 0 Å². The van der Waals surface area contributed by atoms with Crippen molar-refractivity contribution in [1.29, 1.82) is 0 Å². The molecule has 0 heterocycles. The summed E-state index contributed by atoms with van der Waals surface area (Å²) in [6.45, 7) is 2.27. The Morgan fingerprint density at radius 3 is 2.42 bits per heavy atom. The molecule has 12 heavy (non-hydrogen) atoms. The number of Topliss-reactive ketones (excluding diaryl/α,β-unsaturated/α-hetero) is 1. The monoisotopic (exact) mass is 166 g/mol. The first-order chi connectivity index (χ1) is 5.73. The van der Waals surface area contributed by atoms with Crippen LogP contribution in [-0.4, -0.2) is 5.78 Å². The van der Waals surface area contributed by atoms with Gasteiger partial charge in [0.05, 0.1) is 0 Å². The quantitative estimate of drug-likeness (QED) is 0.540. The number of hydrogen-bond acceptors (Lipinski definition) is 1. The second-order valence-corrected chi connectivity index (χ2v) is 4.74. The summed E-state index contributed by atoms with van der Waals surface area (Å²) in [5, 5.41) is 0. The topological polar surface area (TPSA) is 17.1 Å². The Balaban J connectivity index is 2.13. The molecule has 0 aromatic heterocycles. The number of rotatable bonds is 0. The Hall–Kier alpha value is -0.330. The van der Waals surface area contributed by atoms with Crippen molar-refractivity contribution in [3.63, 3.8) is 0 Å². The third-order valence-electron chi connectivity index (χ3n) is 3.98. The molecule has 0 saturated heterocycles. The van der Waals surface area contributed by atoms with Gasteiger partial charge in [-0.25, -0.2) is 0 Å². The lowest BCUT2D eigenvalue weighted by molar-refractivity contribution is -0.118. The lowest BCUT2D eigenvalue weighted by Crippen LogP contribution is -2.26. The van der Waals surface area contributed by atoms with E-state index in [9.17, 15) is 4.79 Å². The lowest BCUT2D eigenvalue weighted by Gasteiger charge is -2.36. The molecule has 0 radical (unpaired) electrons. The van der Waals surface area contributed by atoms with Crippen molar-refractivity contribution in [3.8, 4) is 0 Å². The molecule has 0 amide bonds. The Bertz CT molecular complexity index is 189. The molecule has 0 aromatic carbocycles. The van der Waals surface area contributed by atoms with Gasteiger partial charge in [-0.15, -0.1) is 0 Å². The Morgan fingerprint density at radius 1 is 1.25 bits per heavy atom. The van der Waals surface area contributed by atoms with Gasteiger partial charge in [-0.1, -0.05) is 26.2 Å². The van der Waals surface area contributed by atoms with E-state index in [0.717, 1.165) is 12.8 Å². The van der Waals surface area contributed by atoms with Gasteiger partial charge < -0.3 is 0 Å². The van der Waals surface area contributed by atoms with Crippen molar-refractivity contribution in [2.45, 2.75) is 51.9 Å². The average Bonchev–Trinajstić information content (AvgIpc) is 2.29. The zero-order chi connectivity index (χ0) is 8.60. The molecule has 2 aliphatic rings. The van der Waals surface area contributed by atoms with E-state index in [2.05, 4.69) is 6.92 Å². The Labute approximate surface area is 74.5 Å². The first-order valence-corrected chi connectivity index (χ1v) is 5.25. The predicted octanol–water partition coefficient (Wildman–Crippen LogP) is 2.94. The van der Waals surface area contributed by atoms with Crippen LogP contribution in [0.1, 0.15) is 51.9 Å². The van der Waals surface area contributed by atoms with Crippen LogP contribution < -0.4 is 0 Å². The Kier molecular flexibility index (Phi) is 1.97. The number of carbonyl (C=O) groups excluding carboxylic acids is 1. The van der Waals surface area contributed by atoms with Crippen molar-refractivity contribution in [1.82, 2.24) is 0 Å². The maximum atomic E-state index is 11.3. The summed E-state index contributed by atoms with van der Waals surface area (Å²) in [5.74, 6) is 1.19. The molecule has 68 valence electrons. The molecule has 0 aromatic rings. The standard InChI is InChI=1S/C11H18O/c1-9-7-10(12)8-11(9)5-3-2-4-6-11/h9H,2-8H2,1H3/t9-/m1/s1. The van der Waals surface area contributed by atoms with Crippen LogP contribution >= 0.6 is 0 Å². The van der Waals surface area contributed by atoms with Crippen LogP contribution in [0, 0.1) is 11.3 Å². The summed E-state index contributed by atoms with van der Waals surface area (Å²) in [4.78, 5) is 11.3. The van der Waals surface area contributed by atoms with Gasteiger partial charge in [0.25, 0.3) is 0 Å². The molecule has 0 unspecified atom stereocenters. The van der Waals surface area contributed by atoms with Gasteiger partial charge in [0.1, 0.15) is 5.78 Å². The third-order valence-corrected chi connectivity index (χ3v) is 3.98. The number of hydrogen-bond donors (Lipinski definition) is 0. The van der Waals surface area contributed by atoms with Crippen molar-refractivity contribution in [3.05, 3.63) is 0 Å². The average molecular weight is 166 g/mol. The van der Waals surface area contributed by atoms with Crippen molar-refractivity contribution >= 4 is 5.78 Å². The molecule has 2 saturated carbocycles. The number of carbonyl (C=O) groups is 1. The summed E-state index contributed by atoms with van der Waals surface area (Å²) in [7, 11) is 0. The minimum atomic E-state index is 0.454. The van der Waals surface area contributed by atoms with Gasteiger partial charge >= 0.3 is 0 Å². The molecule has 2 rings (SSSR count). The van der Waals surface area contributed by atoms with E-state index in [-0.39, 0.29) is 0 Å². The molecule has 1 heteroatoms. The van der Waals surface area contributed by atoms with Gasteiger partial charge in [-0.3, -0.25) is 4.79 Å². The molecular formula is C11H18O. The zero-order valence-electron chi connectivity index (χ0n) is 7.94. The first kappa shape index (κ1) is 8.28. The van der Waals surface area contributed by atoms with Gasteiger partial charge in [0.15, 0.2) is 0 Å². The molecule has 1 atom stereocenters. The Morgan fingerprint density at radius 2 is 1.92 bits per heavy atom. The molecule has 2 aliphatic carbocycles. The smallest absolute Gasteiger partial charge is 0.133 e. The fraction of sp³-hybridized carbons (Fsp3) is 0.909. The summed E-state index contributed by atoms with van der Waals surface area (Å²) >= 11 is 0. The highest BCUT2D eigenvalue weighted by Crippen LogP contribution is 2.51. The van der Waals surface area contributed by atoms with Crippen LogP contribution in [0.4, 0.5) is 0 Å². The van der Waals surface area contributed by atoms with E-state index in [4.69, 9.17) is 0 Å². The van der Waals surface area contributed by atoms with Crippen LogP contribution in [0.5, 0.6) is 0 Å². The van der Waals surface area contributed by atoms with Crippen LogP contribution in [0.15, 0.2) is 0 Å². The van der Waals surface area contributed by atoms with E-state index < -0.39 is 0 Å². The van der Waals surface area contributed by atoms with Crippen LogP contribution in [-0.2, 0) is 4.79 Å². The minimum Gasteiger partial charge on any atom is -0.300 e. The van der Waals surface area contributed by atoms with E-state index in [1.807, 2.05) is 0 Å². The highest BCUT2D eigenvalue weighted by Gasteiger charge is 2.44. The lowest BCUT2D eigenvalue weighted by atomic mass is 9.68. The molecule has 0 aliphatic heterocycles. The van der Waals surface area contributed by atoms with Gasteiger partial charge in [-0.2, -0.15) is 0 Å². The second kappa shape index (κ2) is 2.86. The highest BCUT2D eigenvalue weighted by atomic mass is 16.1. The largest absolute Gasteiger partial charge is 0.300 e. The maximum Gasteiger partial charge on any atom is 0.133 e. The molecule has 1 nitrogen and oxygen atoms in total. The SMILES string of the molecule is C[C@@H]1CC(=O)CC12CCCCC2. The maximum absolute atomic E-state index is 11.3. The summed E-state index contributed by atoms with van der Waals surface area (Å²) < 4.78 is 0. The fourth-order valence-corrected chi connectivity index (χ4v) is 3.12. The van der Waals surface area contributed by atoms with Gasteiger partial charge in [-0.05, 0) is 24.2 Å². The zero-order valence-corrected chi connectivity index (χ0v) is 7.94. The highest BCUT2D eigenvalue weighted by molar-refractivity contribution is 5.82. The van der Waals surface area contributed by atoms with Crippen LogP contribution in [0.25, 0.3) is 0 Å². The molecule has 0 N–H and O–H groups in total. The summed E-state index contributed by atoms with van der Waals surface area (Å²) in [5.41, 5.74) is 0.454. The second-order valence-electron chi connectivity index (χ2n) is 4.74. The predicted molar refractivity (Wildman–Crippen MR) is 48.9 cm³/mol. The first-order valence-electron chi connectivity index (χ1n) is 5.25. The molecule has 1 spiro atoms. The summed E-state index contributed by atoms with van der Waals surface area (Å²) in [6, 6.07) is 0. The number of ketones is 1. The van der Waals surface area contributed by atoms with Crippen LogP contribution in [0.2, 0.25) is 0 Å². The third kappa shape index (κ3) is 1.19. The molecule has 0 bridgehead atoms. The molecular weight excluding hydrogens is 148 g/mol. The van der Waals surface area contributed by atoms with Gasteiger partial charge in [0, 0.05) is 12.8 Å². The van der Waals surface area contributed by atoms with Crippen molar-refractivity contribution in [2.24, 2.45) is 11.3 Å².